The third-order valence-corrected chi connectivity index (χ3v) is 3.86. The van der Waals surface area contributed by atoms with E-state index in [1.54, 1.807) is 0 Å². The zero-order valence-electron chi connectivity index (χ0n) is 9.65. The highest BCUT2D eigenvalue weighted by Gasteiger charge is 2.35. The summed E-state index contributed by atoms with van der Waals surface area (Å²) in [4.78, 5) is 11.3. The summed E-state index contributed by atoms with van der Waals surface area (Å²) >= 11 is 3.44. The molecule has 0 bridgehead atoms. The van der Waals surface area contributed by atoms with Gasteiger partial charge in [-0.15, -0.1) is 0 Å². The average molecular weight is 299 g/mol. The molecule has 1 aromatic rings. The Morgan fingerprint density at radius 3 is 3.00 bits per heavy atom. The topological polar surface area (TPSA) is 46.5 Å². The lowest BCUT2D eigenvalue weighted by Crippen LogP contribution is -2.38. The van der Waals surface area contributed by atoms with Crippen LogP contribution in [0.5, 0.6) is 5.75 Å². The predicted octanol–water partition coefficient (Wildman–Crippen LogP) is 3.25. The number of ether oxygens (including phenoxy) is 1. The first-order valence-electron chi connectivity index (χ1n) is 5.80. The molecular weight excluding hydrogens is 284 g/mol. The third-order valence-electron chi connectivity index (χ3n) is 3.12. The number of hydrogen-bond donors (Lipinski definition) is 1. The van der Waals surface area contributed by atoms with Gasteiger partial charge in [-0.1, -0.05) is 35.3 Å². The molecule has 1 aliphatic rings. The van der Waals surface area contributed by atoms with Crippen LogP contribution in [0, 0.1) is 5.92 Å². The molecule has 2 atom stereocenters. The van der Waals surface area contributed by atoms with Crippen molar-refractivity contribution in [2.45, 2.75) is 32.3 Å². The average Bonchev–Trinajstić information content (AvgIpc) is 2.29. The van der Waals surface area contributed by atoms with Crippen LogP contribution in [0.15, 0.2) is 22.7 Å². The summed E-state index contributed by atoms with van der Waals surface area (Å²) < 4.78 is 6.74. The molecule has 1 aromatic carbocycles. The van der Waals surface area contributed by atoms with Crippen LogP contribution in [0.25, 0.3) is 0 Å². The van der Waals surface area contributed by atoms with Gasteiger partial charge in [0, 0.05) is 10.0 Å². The zero-order valence-corrected chi connectivity index (χ0v) is 11.2. The van der Waals surface area contributed by atoms with Crippen molar-refractivity contribution in [2.75, 3.05) is 0 Å². The second-order valence-electron chi connectivity index (χ2n) is 4.31. The van der Waals surface area contributed by atoms with E-state index < -0.39 is 11.9 Å². The molecule has 0 amide bonds. The van der Waals surface area contributed by atoms with Crippen molar-refractivity contribution in [1.29, 1.82) is 0 Å². The van der Waals surface area contributed by atoms with Crippen molar-refractivity contribution in [3.8, 4) is 5.75 Å². The van der Waals surface area contributed by atoms with E-state index in [2.05, 4.69) is 15.9 Å². The highest BCUT2D eigenvalue weighted by molar-refractivity contribution is 9.10. The molecule has 0 saturated carbocycles. The first kappa shape index (κ1) is 12.4. The molecule has 0 radical (unpaired) electrons. The minimum absolute atomic E-state index is 0.209. The number of carboxylic acid groups (broad SMARTS) is 1. The number of benzene rings is 1. The summed E-state index contributed by atoms with van der Waals surface area (Å²) in [5.41, 5.74) is 0.965. The Balaban J connectivity index is 2.33. The monoisotopic (exact) mass is 298 g/mol. The summed E-state index contributed by atoms with van der Waals surface area (Å²) in [6.45, 7) is 2.04. The van der Waals surface area contributed by atoms with Crippen molar-refractivity contribution in [3.05, 3.63) is 28.2 Å². The maximum absolute atomic E-state index is 11.3. The molecule has 1 heterocycles. The molecule has 2 unspecified atom stereocenters. The van der Waals surface area contributed by atoms with Crippen LogP contribution >= 0.6 is 15.9 Å². The molecule has 1 N–H and O–H groups in total. The van der Waals surface area contributed by atoms with E-state index in [4.69, 9.17) is 4.74 Å². The van der Waals surface area contributed by atoms with E-state index in [-0.39, 0.29) is 6.10 Å². The lowest BCUT2D eigenvalue weighted by atomic mass is 9.88. The van der Waals surface area contributed by atoms with Crippen LogP contribution in [0.3, 0.4) is 0 Å². The van der Waals surface area contributed by atoms with E-state index in [1.165, 1.54) is 0 Å². The Bertz CT molecular complexity index is 431. The maximum Gasteiger partial charge on any atom is 0.310 e. The van der Waals surface area contributed by atoms with Crippen LogP contribution in [0.1, 0.15) is 25.3 Å². The summed E-state index contributed by atoms with van der Waals surface area (Å²) in [5.74, 6) is -0.402. The smallest absolute Gasteiger partial charge is 0.310 e. The van der Waals surface area contributed by atoms with Gasteiger partial charge in [-0.05, 0) is 25.0 Å². The number of fused-ring (bicyclic) bond motifs is 1. The molecule has 3 nitrogen and oxygen atoms in total. The molecule has 0 fully saturated rings. The Morgan fingerprint density at radius 2 is 2.35 bits per heavy atom. The highest BCUT2D eigenvalue weighted by Crippen LogP contribution is 2.36. The number of rotatable bonds is 3. The fourth-order valence-electron chi connectivity index (χ4n) is 2.23. The second-order valence-corrected chi connectivity index (χ2v) is 5.16. The van der Waals surface area contributed by atoms with Gasteiger partial charge in [0.05, 0.1) is 5.92 Å². The standard InChI is InChI=1S/C13H15BrO3/c1-2-4-11-9(13(15)16)7-8-10(14)5-3-6-12(8)17-11/h3,5-6,9,11H,2,4,7H2,1H3,(H,15,16). The van der Waals surface area contributed by atoms with E-state index >= 15 is 0 Å². The van der Waals surface area contributed by atoms with E-state index in [0.29, 0.717) is 6.42 Å². The van der Waals surface area contributed by atoms with Crippen LogP contribution in [-0.4, -0.2) is 17.2 Å². The minimum atomic E-state index is -0.773. The van der Waals surface area contributed by atoms with Gasteiger partial charge in [-0.25, -0.2) is 0 Å². The summed E-state index contributed by atoms with van der Waals surface area (Å²) in [6, 6.07) is 5.73. The lowest BCUT2D eigenvalue weighted by molar-refractivity contribution is -0.145. The number of carboxylic acids is 1. The maximum atomic E-state index is 11.3. The van der Waals surface area contributed by atoms with Crippen LogP contribution in [0.2, 0.25) is 0 Å². The van der Waals surface area contributed by atoms with Crippen LogP contribution in [-0.2, 0) is 11.2 Å². The van der Waals surface area contributed by atoms with Crippen LogP contribution in [0.4, 0.5) is 0 Å². The highest BCUT2D eigenvalue weighted by atomic mass is 79.9. The molecule has 0 spiro atoms. The van der Waals surface area contributed by atoms with E-state index in [9.17, 15) is 9.90 Å². The molecule has 4 heteroatoms. The Kier molecular flexibility index (Phi) is 3.72. The predicted molar refractivity (Wildman–Crippen MR) is 68.3 cm³/mol. The second kappa shape index (κ2) is 5.08. The van der Waals surface area contributed by atoms with Gasteiger partial charge in [0.1, 0.15) is 11.9 Å². The largest absolute Gasteiger partial charge is 0.489 e. The van der Waals surface area contributed by atoms with Crippen LogP contribution < -0.4 is 4.74 Å². The summed E-state index contributed by atoms with van der Waals surface area (Å²) in [7, 11) is 0. The van der Waals surface area contributed by atoms with Crippen molar-refractivity contribution in [1.82, 2.24) is 0 Å². The van der Waals surface area contributed by atoms with Crippen molar-refractivity contribution >= 4 is 21.9 Å². The quantitative estimate of drug-likeness (QED) is 0.932. The Morgan fingerprint density at radius 1 is 1.59 bits per heavy atom. The first-order chi connectivity index (χ1) is 8.13. The Hall–Kier alpha value is -1.03. The molecule has 1 aliphatic heterocycles. The molecule has 0 aromatic heterocycles. The van der Waals surface area contributed by atoms with Gasteiger partial charge in [-0.2, -0.15) is 0 Å². The fourth-order valence-corrected chi connectivity index (χ4v) is 2.74. The molecule has 92 valence electrons. The van der Waals surface area contributed by atoms with Crippen molar-refractivity contribution in [3.63, 3.8) is 0 Å². The van der Waals surface area contributed by atoms with E-state index in [1.807, 2.05) is 25.1 Å². The molecule has 0 aliphatic carbocycles. The number of halogens is 1. The fraction of sp³-hybridized carbons (Fsp3) is 0.462. The van der Waals surface area contributed by atoms with Crippen molar-refractivity contribution in [2.24, 2.45) is 5.92 Å². The minimum Gasteiger partial charge on any atom is -0.489 e. The van der Waals surface area contributed by atoms with Gasteiger partial charge < -0.3 is 9.84 Å². The molecule has 2 rings (SSSR count). The number of hydrogen-bond acceptors (Lipinski definition) is 2. The molecular formula is C13H15BrO3. The summed E-state index contributed by atoms with van der Waals surface area (Å²) in [6.07, 6.45) is 2.04. The van der Waals surface area contributed by atoms with Crippen molar-refractivity contribution < 1.29 is 14.6 Å². The summed E-state index contributed by atoms with van der Waals surface area (Å²) in [5, 5.41) is 9.26. The molecule has 0 saturated heterocycles. The van der Waals surface area contributed by atoms with Gasteiger partial charge in [0.25, 0.3) is 0 Å². The van der Waals surface area contributed by atoms with Gasteiger partial charge in [-0.3, -0.25) is 4.79 Å². The number of carbonyl (C=O) groups is 1. The zero-order chi connectivity index (χ0) is 12.4. The third kappa shape index (κ3) is 2.46. The van der Waals surface area contributed by atoms with Gasteiger partial charge >= 0.3 is 5.97 Å². The first-order valence-corrected chi connectivity index (χ1v) is 6.59. The molecule has 17 heavy (non-hydrogen) atoms. The van der Waals surface area contributed by atoms with E-state index in [0.717, 1.165) is 28.6 Å². The van der Waals surface area contributed by atoms with Gasteiger partial charge in [0.15, 0.2) is 0 Å². The van der Waals surface area contributed by atoms with Gasteiger partial charge in [0.2, 0.25) is 0 Å². The number of aliphatic carboxylic acids is 1. The normalized spacial score (nSPS) is 22.7. The lowest BCUT2D eigenvalue weighted by Gasteiger charge is -2.31. The SMILES string of the molecule is CCCC1Oc2cccc(Br)c2CC1C(=O)O. The Labute approximate surface area is 109 Å².